The fraction of sp³-hybridized carbons (Fsp3) is 0.294. The molecule has 1 heterocycles. The largest absolute Gasteiger partial charge is 0.490 e. The zero-order valence-electron chi connectivity index (χ0n) is 11.7. The second kappa shape index (κ2) is 6.06. The van der Waals surface area contributed by atoms with Gasteiger partial charge in [-0.3, -0.25) is 0 Å². The van der Waals surface area contributed by atoms with E-state index < -0.39 is 0 Å². The molecule has 1 unspecified atom stereocenters. The first kappa shape index (κ1) is 14.4. The van der Waals surface area contributed by atoms with Crippen LogP contribution in [0.5, 0.6) is 11.5 Å². The second-order valence-corrected chi connectivity index (χ2v) is 6.04. The van der Waals surface area contributed by atoms with Gasteiger partial charge in [-0.2, -0.15) is 0 Å². The van der Waals surface area contributed by atoms with Crippen LogP contribution in [0.2, 0.25) is 0 Å². The Bertz CT molecular complexity index is 657. The number of aryl methyl sites for hydroxylation is 1. The highest BCUT2D eigenvalue weighted by Crippen LogP contribution is 2.38. The summed E-state index contributed by atoms with van der Waals surface area (Å²) in [5, 5.41) is 0. The van der Waals surface area contributed by atoms with Crippen LogP contribution in [0, 0.1) is 12.7 Å². The maximum absolute atomic E-state index is 13.2. The number of rotatable bonds is 2. The minimum Gasteiger partial charge on any atom is -0.490 e. The van der Waals surface area contributed by atoms with Gasteiger partial charge in [-0.15, -0.1) is 0 Å². The summed E-state index contributed by atoms with van der Waals surface area (Å²) in [6.45, 7) is 3.26. The summed E-state index contributed by atoms with van der Waals surface area (Å²) in [5.41, 5.74) is 3.03. The van der Waals surface area contributed by atoms with Crippen LogP contribution in [-0.4, -0.2) is 13.2 Å². The highest BCUT2D eigenvalue weighted by atomic mass is 79.9. The van der Waals surface area contributed by atoms with Crippen LogP contribution in [0.25, 0.3) is 0 Å². The van der Waals surface area contributed by atoms with Gasteiger partial charge in [0, 0.05) is 6.42 Å². The minimum atomic E-state index is -0.213. The van der Waals surface area contributed by atoms with Crippen molar-refractivity contribution in [3.05, 3.63) is 58.9 Å². The Morgan fingerprint density at radius 3 is 2.57 bits per heavy atom. The third kappa shape index (κ3) is 3.05. The molecule has 1 aliphatic rings. The topological polar surface area (TPSA) is 18.5 Å². The van der Waals surface area contributed by atoms with Crippen LogP contribution < -0.4 is 9.47 Å². The molecule has 110 valence electrons. The van der Waals surface area contributed by atoms with Gasteiger partial charge in [0.05, 0.1) is 18.0 Å². The van der Waals surface area contributed by atoms with Gasteiger partial charge in [0.1, 0.15) is 5.82 Å². The molecular weight excluding hydrogens is 335 g/mol. The third-order valence-corrected chi connectivity index (χ3v) is 4.59. The Balaban J connectivity index is 1.94. The normalized spacial score (nSPS) is 15.4. The van der Waals surface area contributed by atoms with Crippen LogP contribution in [0.4, 0.5) is 4.39 Å². The quantitative estimate of drug-likeness (QED) is 0.725. The molecule has 0 aromatic heterocycles. The molecule has 0 N–H and O–H groups in total. The van der Waals surface area contributed by atoms with Gasteiger partial charge in [-0.1, -0.05) is 28.1 Å². The van der Waals surface area contributed by atoms with Crippen molar-refractivity contribution in [2.45, 2.75) is 18.2 Å². The van der Waals surface area contributed by atoms with E-state index in [-0.39, 0.29) is 10.6 Å². The zero-order valence-corrected chi connectivity index (χ0v) is 13.3. The zero-order chi connectivity index (χ0) is 14.8. The van der Waals surface area contributed by atoms with Crippen LogP contribution in [0.1, 0.15) is 27.9 Å². The Labute approximate surface area is 132 Å². The summed E-state index contributed by atoms with van der Waals surface area (Å²) in [7, 11) is 0. The Morgan fingerprint density at radius 2 is 1.81 bits per heavy atom. The van der Waals surface area contributed by atoms with E-state index in [0.717, 1.165) is 34.6 Å². The smallest absolute Gasteiger partial charge is 0.161 e. The van der Waals surface area contributed by atoms with Gasteiger partial charge < -0.3 is 9.47 Å². The second-order valence-electron chi connectivity index (χ2n) is 5.12. The van der Waals surface area contributed by atoms with Gasteiger partial charge in [0.25, 0.3) is 0 Å². The first-order valence-corrected chi connectivity index (χ1v) is 7.86. The molecule has 0 bridgehead atoms. The molecule has 0 spiro atoms. The Hall–Kier alpha value is -1.55. The van der Waals surface area contributed by atoms with Crippen molar-refractivity contribution < 1.29 is 13.9 Å². The van der Waals surface area contributed by atoms with Gasteiger partial charge >= 0.3 is 0 Å². The van der Waals surface area contributed by atoms with Crippen molar-refractivity contribution in [3.63, 3.8) is 0 Å². The van der Waals surface area contributed by atoms with Crippen LogP contribution in [0.3, 0.4) is 0 Å². The molecule has 2 aromatic rings. The number of benzene rings is 2. The van der Waals surface area contributed by atoms with Crippen molar-refractivity contribution in [1.29, 1.82) is 0 Å². The standard InChI is InChI=1S/C17H16BrFO2/c1-11-9-13(19)4-5-14(11)17(18)12-3-6-15-16(10-12)21-8-2-7-20-15/h3-6,9-10,17H,2,7-8H2,1H3. The van der Waals surface area contributed by atoms with E-state index in [1.54, 1.807) is 6.07 Å². The molecule has 0 saturated carbocycles. The summed E-state index contributed by atoms with van der Waals surface area (Å²) < 4.78 is 24.6. The summed E-state index contributed by atoms with van der Waals surface area (Å²) >= 11 is 3.70. The summed E-state index contributed by atoms with van der Waals surface area (Å²) in [6, 6.07) is 10.8. The predicted octanol–water partition coefficient (Wildman–Crippen LogP) is 4.78. The number of alkyl halides is 1. The van der Waals surface area contributed by atoms with Gasteiger partial charge in [-0.25, -0.2) is 4.39 Å². The lowest BCUT2D eigenvalue weighted by atomic mass is 10.00. The van der Waals surface area contributed by atoms with E-state index in [4.69, 9.17) is 9.47 Å². The van der Waals surface area contributed by atoms with E-state index in [0.29, 0.717) is 13.2 Å². The van der Waals surface area contributed by atoms with Crippen LogP contribution in [0.15, 0.2) is 36.4 Å². The molecule has 0 saturated heterocycles. The lowest BCUT2D eigenvalue weighted by Gasteiger charge is -2.16. The molecule has 0 fully saturated rings. The van der Waals surface area contributed by atoms with E-state index in [1.807, 2.05) is 31.2 Å². The number of ether oxygens (including phenoxy) is 2. The van der Waals surface area contributed by atoms with Crippen LogP contribution in [-0.2, 0) is 0 Å². The summed E-state index contributed by atoms with van der Waals surface area (Å²) in [6.07, 6.45) is 0.888. The summed E-state index contributed by atoms with van der Waals surface area (Å²) in [4.78, 5) is -0.00440. The lowest BCUT2D eigenvalue weighted by molar-refractivity contribution is 0.297. The monoisotopic (exact) mass is 350 g/mol. The van der Waals surface area contributed by atoms with Crippen molar-refractivity contribution in [2.75, 3.05) is 13.2 Å². The molecule has 4 heteroatoms. The Kier molecular flexibility index (Phi) is 4.15. The number of hydrogen-bond acceptors (Lipinski definition) is 2. The maximum atomic E-state index is 13.2. The van der Waals surface area contributed by atoms with Gasteiger partial charge in [0.2, 0.25) is 0 Å². The molecule has 3 rings (SSSR count). The molecule has 0 radical (unpaired) electrons. The van der Waals surface area contributed by atoms with E-state index >= 15 is 0 Å². The van der Waals surface area contributed by atoms with Crippen molar-refractivity contribution in [2.24, 2.45) is 0 Å². The molecule has 0 amide bonds. The van der Waals surface area contributed by atoms with Crippen molar-refractivity contribution in [3.8, 4) is 11.5 Å². The van der Waals surface area contributed by atoms with E-state index in [1.165, 1.54) is 6.07 Å². The van der Waals surface area contributed by atoms with Crippen molar-refractivity contribution in [1.82, 2.24) is 0 Å². The summed E-state index contributed by atoms with van der Waals surface area (Å²) in [5.74, 6) is 1.34. The Morgan fingerprint density at radius 1 is 1.05 bits per heavy atom. The highest BCUT2D eigenvalue weighted by Gasteiger charge is 2.17. The molecule has 1 atom stereocenters. The van der Waals surface area contributed by atoms with Crippen LogP contribution >= 0.6 is 15.9 Å². The molecule has 2 nitrogen and oxygen atoms in total. The number of hydrogen-bond donors (Lipinski definition) is 0. The molecule has 21 heavy (non-hydrogen) atoms. The average molecular weight is 351 g/mol. The van der Waals surface area contributed by atoms with E-state index in [2.05, 4.69) is 15.9 Å². The number of fused-ring (bicyclic) bond motifs is 1. The van der Waals surface area contributed by atoms with Gasteiger partial charge in [-0.05, 0) is 47.9 Å². The highest BCUT2D eigenvalue weighted by molar-refractivity contribution is 9.09. The third-order valence-electron chi connectivity index (χ3n) is 3.57. The maximum Gasteiger partial charge on any atom is 0.161 e. The molecule has 2 aromatic carbocycles. The van der Waals surface area contributed by atoms with E-state index in [9.17, 15) is 4.39 Å². The SMILES string of the molecule is Cc1cc(F)ccc1C(Br)c1ccc2c(c1)OCCCO2. The first-order valence-electron chi connectivity index (χ1n) is 6.95. The molecule has 0 aliphatic carbocycles. The fourth-order valence-electron chi connectivity index (χ4n) is 2.44. The van der Waals surface area contributed by atoms with Gasteiger partial charge in [0.15, 0.2) is 11.5 Å². The van der Waals surface area contributed by atoms with Crippen molar-refractivity contribution >= 4 is 15.9 Å². The fourth-order valence-corrected chi connectivity index (χ4v) is 3.24. The first-order chi connectivity index (χ1) is 10.1. The number of halogens is 2. The minimum absolute atomic E-state index is 0.00440. The lowest BCUT2D eigenvalue weighted by Crippen LogP contribution is -1.99. The average Bonchev–Trinajstić information content (AvgIpc) is 2.71. The molecule has 1 aliphatic heterocycles. The predicted molar refractivity (Wildman–Crippen MR) is 84.0 cm³/mol. The molecular formula is C17H16BrFO2.